The van der Waals surface area contributed by atoms with Gasteiger partial charge in [0.1, 0.15) is 34.0 Å². The number of thiophene rings is 1. The van der Waals surface area contributed by atoms with Crippen LogP contribution in [-0.2, 0) is 22.6 Å². The van der Waals surface area contributed by atoms with E-state index in [0.29, 0.717) is 39.8 Å². The number of ether oxygens (including phenoxy) is 2. The largest absolute Gasteiger partial charge is 0.496 e. The fourth-order valence-electron chi connectivity index (χ4n) is 5.01. The van der Waals surface area contributed by atoms with Crippen LogP contribution in [0, 0.1) is 24.1 Å². The van der Waals surface area contributed by atoms with Gasteiger partial charge in [0.05, 0.1) is 50.5 Å². The highest BCUT2D eigenvalue weighted by atomic mass is 32.1. The number of amides is 1. The van der Waals surface area contributed by atoms with E-state index in [0.717, 1.165) is 28.7 Å². The van der Waals surface area contributed by atoms with E-state index in [1.54, 1.807) is 11.8 Å². The predicted molar refractivity (Wildman–Crippen MR) is 148 cm³/mol. The van der Waals surface area contributed by atoms with Gasteiger partial charge in [-0.15, -0.1) is 4.80 Å². The van der Waals surface area contributed by atoms with Crippen LogP contribution in [-0.4, -0.2) is 61.7 Å². The SMILES string of the molecule is COc1ccc(F)cc1[C@H](Cn1c(=O)n(CC(=O)N2CCCC2)c(=O)c2c(C)c(-n3nccn3)sc21)OCCC#N. The Morgan fingerprint density at radius 1 is 1.20 bits per heavy atom. The fraction of sp³-hybridized carbons (Fsp3) is 0.407. The van der Waals surface area contributed by atoms with Crippen molar-refractivity contribution in [2.45, 2.75) is 45.4 Å². The van der Waals surface area contributed by atoms with E-state index in [1.807, 2.05) is 6.07 Å². The van der Waals surface area contributed by atoms with Gasteiger partial charge in [0.15, 0.2) is 0 Å². The standard InChI is InChI=1S/C27H28FN7O5S/c1-17-23-24(37)33(16-22(36)32-11-3-4-12-32)27(38)34(26(23)41-25(17)35-30-9-10-31-35)15-21(40-13-5-8-29)19-14-18(28)6-7-20(19)39-2/h6-7,9-10,14,21H,3-5,11-13,15-16H2,1-2H3/t21-/m0/s1. The van der Waals surface area contributed by atoms with Gasteiger partial charge in [-0.05, 0) is 38.0 Å². The van der Waals surface area contributed by atoms with Crippen LogP contribution in [0.15, 0.2) is 40.2 Å². The summed E-state index contributed by atoms with van der Waals surface area (Å²) in [5.74, 6) is -0.519. The number of nitriles is 1. The van der Waals surface area contributed by atoms with Crippen molar-refractivity contribution in [3.63, 3.8) is 0 Å². The van der Waals surface area contributed by atoms with E-state index >= 15 is 0 Å². The quantitative estimate of drug-likeness (QED) is 0.261. The summed E-state index contributed by atoms with van der Waals surface area (Å²) in [4.78, 5) is 44.2. The lowest BCUT2D eigenvalue weighted by molar-refractivity contribution is -0.130. The van der Waals surface area contributed by atoms with Crippen LogP contribution >= 0.6 is 11.3 Å². The van der Waals surface area contributed by atoms with Crippen LogP contribution in [0.4, 0.5) is 4.39 Å². The average Bonchev–Trinajstić information content (AvgIpc) is 3.74. The number of carbonyl (C=O) groups is 1. The molecular formula is C27H28FN7O5S. The normalized spacial score (nSPS) is 14.0. The molecule has 1 aliphatic rings. The monoisotopic (exact) mass is 581 g/mol. The summed E-state index contributed by atoms with van der Waals surface area (Å²) in [5, 5.41) is 18.2. The van der Waals surface area contributed by atoms with E-state index in [2.05, 4.69) is 10.2 Å². The second-order valence-electron chi connectivity index (χ2n) is 9.56. The second kappa shape index (κ2) is 12.0. The van der Waals surface area contributed by atoms with E-state index in [9.17, 15) is 18.8 Å². The number of aromatic nitrogens is 5. The minimum absolute atomic E-state index is 0.0116. The summed E-state index contributed by atoms with van der Waals surface area (Å²) < 4.78 is 28.1. The molecule has 0 bridgehead atoms. The van der Waals surface area contributed by atoms with Crippen molar-refractivity contribution >= 4 is 27.5 Å². The van der Waals surface area contributed by atoms with Gasteiger partial charge in [0.2, 0.25) is 5.91 Å². The molecule has 0 N–H and O–H groups in total. The Morgan fingerprint density at radius 3 is 2.61 bits per heavy atom. The summed E-state index contributed by atoms with van der Waals surface area (Å²) in [5.41, 5.74) is -0.419. The van der Waals surface area contributed by atoms with Gasteiger partial charge < -0.3 is 14.4 Å². The van der Waals surface area contributed by atoms with Crippen molar-refractivity contribution in [2.75, 3.05) is 26.8 Å². The molecule has 1 aliphatic heterocycles. The highest BCUT2D eigenvalue weighted by molar-refractivity contribution is 7.21. The Balaban J connectivity index is 1.69. The number of fused-ring (bicyclic) bond motifs is 1. The van der Waals surface area contributed by atoms with Gasteiger partial charge >= 0.3 is 5.69 Å². The van der Waals surface area contributed by atoms with Crippen molar-refractivity contribution < 1.29 is 18.7 Å². The smallest absolute Gasteiger partial charge is 0.332 e. The first-order valence-electron chi connectivity index (χ1n) is 13.1. The summed E-state index contributed by atoms with van der Waals surface area (Å²) in [7, 11) is 1.43. The molecule has 1 fully saturated rings. The topological polar surface area (TPSA) is 137 Å². The molecule has 41 heavy (non-hydrogen) atoms. The van der Waals surface area contributed by atoms with Gasteiger partial charge in [-0.2, -0.15) is 15.5 Å². The molecule has 1 amide bonds. The van der Waals surface area contributed by atoms with Crippen LogP contribution in [0.3, 0.4) is 0 Å². The van der Waals surface area contributed by atoms with Gasteiger partial charge in [-0.25, -0.2) is 9.18 Å². The third-order valence-electron chi connectivity index (χ3n) is 7.04. The molecule has 4 heterocycles. The lowest BCUT2D eigenvalue weighted by Crippen LogP contribution is -2.44. The van der Waals surface area contributed by atoms with Gasteiger partial charge in [-0.3, -0.25) is 18.7 Å². The van der Waals surface area contributed by atoms with Crippen LogP contribution in [0.2, 0.25) is 0 Å². The number of nitrogens with zero attached hydrogens (tertiary/aromatic N) is 7. The number of carbonyl (C=O) groups excluding carboxylic acids is 1. The molecule has 12 nitrogen and oxygen atoms in total. The first-order chi connectivity index (χ1) is 19.8. The second-order valence-corrected chi connectivity index (χ2v) is 10.5. The summed E-state index contributed by atoms with van der Waals surface area (Å²) in [6.07, 6.45) is 3.87. The number of halogens is 1. The number of benzene rings is 1. The maximum atomic E-state index is 14.4. The van der Waals surface area contributed by atoms with E-state index in [1.165, 1.54) is 47.1 Å². The molecule has 0 radical (unpaired) electrons. The third kappa shape index (κ3) is 5.50. The highest BCUT2D eigenvalue weighted by Gasteiger charge is 2.27. The van der Waals surface area contributed by atoms with Crippen molar-refractivity contribution in [1.29, 1.82) is 5.26 Å². The number of methoxy groups -OCH3 is 1. The maximum Gasteiger partial charge on any atom is 0.332 e. The molecule has 1 saturated heterocycles. The zero-order valence-electron chi connectivity index (χ0n) is 22.6. The Labute approximate surface area is 237 Å². The molecule has 1 atom stereocenters. The first-order valence-corrected chi connectivity index (χ1v) is 13.9. The lowest BCUT2D eigenvalue weighted by Gasteiger charge is -2.22. The molecule has 1 aromatic carbocycles. The molecule has 0 saturated carbocycles. The van der Waals surface area contributed by atoms with Gasteiger partial charge in [0, 0.05) is 24.2 Å². The van der Waals surface area contributed by atoms with Crippen LogP contribution < -0.4 is 16.0 Å². The van der Waals surface area contributed by atoms with Crippen molar-refractivity contribution in [2.24, 2.45) is 0 Å². The van der Waals surface area contributed by atoms with Crippen LogP contribution in [0.25, 0.3) is 15.2 Å². The maximum absolute atomic E-state index is 14.4. The summed E-state index contributed by atoms with van der Waals surface area (Å²) in [6, 6.07) is 5.96. The van der Waals surface area contributed by atoms with E-state index in [-0.39, 0.29) is 30.9 Å². The van der Waals surface area contributed by atoms with Crippen LogP contribution in [0.1, 0.15) is 36.5 Å². The first kappa shape index (κ1) is 28.2. The minimum Gasteiger partial charge on any atom is -0.496 e. The number of hydrogen-bond acceptors (Lipinski definition) is 9. The van der Waals surface area contributed by atoms with Crippen molar-refractivity contribution in [1.82, 2.24) is 29.0 Å². The van der Waals surface area contributed by atoms with E-state index < -0.39 is 29.7 Å². The summed E-state index contributed by atoms with van der Waals surface area (Å²) in [6.45, 7) is 2.33. The van der Waals surface area contributed by atoms with E-state index in [4.69, 9.17) is 14.7 Å². The predicted octanol–water partition coefficient (Wildman–Crippen LogP) is 2.56. The van der Waals surface area contributed by atoms with Crippen molar-refractivity contribution in [3.8, 4) is 16.8 Å². The molecular weight excluding hydrogens is 553 g/mol. The Hall–Kier alpha value is -4.35. The fourth-order valence-corrected chi connectivity index (χ4v) is 6.23. The number of rotatable bonds is 10. The molecule has 214 valence electrons. The third-order valence-corrected chi connectivity index (χ3v) is 8.32. The average molecular weight is 582 g/mol. The highest BCUT2D eigenvalue weighted by Crippen LogP contribution is 2.34. The zero-order chi connectivity index (χ0) is 29.1. The Morgan fingerprint density at radius 2 is 1.93 bits per heavy atom. The molecule has 0 aliphatic carbocycles. The Kier molecular flexibility index (Phi) is 8.27. The minimum atomic E-state index is -0.927. The van der Waals surface area contributed by atoms with Crippen LogP contribution in [0.5, 0.6) is 5.75 Å². The summed E-state index contributed by atoms with van der Waals surface area (Å²) >= 11 is 1.15. The number of hydrogen-bond donors (Lipinski definition) is 0. The number of aryl methyl sites for hydroxylation is 1. The molecule has 14 heteroatoms. The molecule has 5 rings (SSSR count). The molecule has 3 aromatic heterocycles. The number of likely N-dealkylation sites (tertiary alicyclic amines) is 1. The zero-order valence-corrected chi connectivity index (χ0v) is 23.4. The van der Waals surface area contributed by atoms with Gasteiger partial charge in [0.25, 0.3) is 5.56 Å². The molecule has 4 aromatic rings. The lowest BCUT2D eigenvalue weighted by atomic mass is 10.1. The Bertz CT molecular complexity index is 1730. The van der Waals surface area contributed by atoms with Gasteiger partial charge in [-0.1, -0.05) is 11.3 Å². The van der Waals surface area contributed by atoms with Crippen molar-refractivity contribution in [3.05, 3.63) is 68.4 Å². The molecule has 0 unspecified atom stereocenters. The molecule has 0 spiro atoms.